The van der Waals surface area contributed by atoms with E-state index in [1.54, 1.807) is 0 Å². The summed E-state index contributed by atoms with van der Waals surface area (Å²) in [5.41, 5.74) is 4.71. The highest BCUT2D eigenvalue weighted by molar-refractivity contribution is 7.91. The Morgan fingerprint density at radius 3 is 2.28 bits per heavy atom. The van der Waals surface area contributed by atoms with E-state index in [4.69, 9.17) is 0 Å². The lowest BCUT2D eigenvalue weighted by Crippen LogP contribution is -2.42. The summed E-state index contributed by atoms with van der Waals surface area (Å²) in [4.78, 5) is 35.2. The van der Waals surface area contributed by atoms with Crippen LogP contribution in [-0.4, -0.2) is 37.5 Å². The fourth-order valence-corrected chi connectivity index (χ4v) is 4.42. The maximum absolute atomic E-state index is 12.8. The first-order chi connectivity index (χ1) is 11.7. The highest BCUT2D eigenvalue weighted by Gasteiger charge is 2.29. The minimum Gasteiger partial charge on any atom is -0.294 e. The van der Waals surface area contributed by atoms with Gasteiger partial charge < -0.3 is 0 Å². The molecule has 0 saturated carbocycles. The van der Waals surface area contributed by atoms with Crippen molar-refractivity contribution < 1.29 is 27.2 Å². The molecule has 0 spiro atoms. The first-order valence-corrected chi connectivity index (χ1v) is 9.64. The summed E-state index contributed by atoms with van der Waals surface area (Å²) in [6.45, 7) is 0. The predicted octanol–water partition coefficient (Wildman–Crippen LogP) is 0.761. The van der Waals surface area contributed by atoms with Gasteiger partial charge in [-0.05, 0) is 36.6 Å². The zero-order valence-electron chi connectivity index (χ0n) is 13.5. The first-order valence-electron chi connectivity index (χ1n) is 7.82. The molecule has 1 aromatic rings. The van der Waals surface area contributed by atoms with Crippen LogP contribution in [0, 0.1) is 11.7 Å². The monoisotopic (exact) mass is 370 g/mol. The molecule has 1 saturated heterocycles. The smallest absolute Gasteiger partial charge is 0.238 e. The third-order valence-corrected chi connectivity index (χ3v) is 5.72. The van der Waals surface area contributed by atoms with Crippen molar-refractivity contribution in [3.63, 3.8) is 0 Å². The Labute approximate surface area is 144 Å². The van der Waals surface area contributed by atoms with Crippen LogP contribution in [0.3, 0.4) is 0 Å². The van der Waals surface area contributed by atoms with Gasteiger partial charge in [0.05, 0.1) is 11.5 Å². The van der Waals surface area contributed by atoms with Gasteiger partial charge in [-0.15, -0.1) is 0 Å². The molecule has 136 valence electrons. The van der Waals surface area contributed by atoms with Crippen LogP contribution < -0.4 is 10.9 Å². The maximum atomic E-state index is 12.8. The molecule has 0 bridgehead atoms. The molecule has 0 unspecified atom stereocenters. The lowest BCUT2D eigenvalue weighted by atomic mass is 10.1. The zero-order valence-corrected chi connectivity index (χ0v) is 14.3. The van der Waals surface area contributed by atoms with Gasteiger partial charge >= 0.3 is 0 Å². The van der Waals surface area contributed by atoms with E-state index in [1.165, 1.54) is 12.1 Å². The minimum absolute atomic E-state index is 0.0134. The Morgan fingerprint density at radius 1 is 1.04 bits per heavy atom. The zero-order chi connectivity index (χ0) is 18.4. The van der Waals surface area contributed by atoms with E-state index in [0.29, 0.717) is 12.0 Å². The summed E-state index contributed by atoms with van der Waals surface area (Å²) in [5, 5.41) is 0. The van der Waals surface area contributed by atoms with Crippen LogP contribution in [0.15, 0.2) is 24.3 Å². The molecule has 7 nitrogen and oxygen atoms in total. The second kappa shape index (κ2) is 8.19. The van der Waals surface area contributed by atoms with Gasteiger partial charge in [-0.3, -0.25) is 25.2 Å². The third-order valence-electron chi connectivity index (χ3n) is 3.89. The van der Waals surface area contributed by atoms with E-state index in [-0.39, 0.29) is 42.5 Å². The molecule has 0 radical (unpaired) electrons. The van der Waals surface area contributed by atoms with Crippen molar-refractivity contribution in [2.45, 2.75) is 25.7 Å². The van der Waals surface area contributed by atoms with Crippen LogP contribution in [0.2, 0.25) is 0 Å². The molecule has 0 aromatic heterocycles. The highest BCUT2D eigenvalue weighted by Crippen LogP contribution is 2.21. The van der Waals surface area contributed by atoms with E-state index in [2.05, 4.69) is 10.9 Å². The number of halogens is 1. The van der Waals surface area contributed by atoms with Crippen molar-refractivity contribution >= 4 is 27.4 Å². The summed E-state index contributed by atoms with van der Waals surface area (Å²) in [7, 11) is -3.05. The number of Topliss-reactive ketones (excluding diaryl/α,β-unsaturated/α-hetero) is 1. The normalized spacial score (nSPS) is 18.5. The molecular weight excluding hydrogens is 351 g/mol. The molecule has 2 N–H and O–H groups in total. The number of hydrazine groups is 1. The van der Waals surface area contributed by atoms with Gasteiger partial charge in [0.15, 0.2) is 15.6 Å². The number of carbonyl (C=O) groups is 3. The van der Waals surface area contributed by atoms with Crippen LogP contribution in [0.1, 0.15) is 36.0 Å². The van der Waals surface area contributed by atoms with Gasteiger partial charge in [0, 0.05) is 24.8 Å². The molecular formula is C16H19FN2O5S. The summed E-state index contributed by atoms with van der Waals surface area (Å²) in [6, 6.07) is 5.01. The molecule has 2 rings (SSSR count). The Hall–Kier alpha value is -2.29. The average molecular weight is 370 g/mol. The van der Waals surface area contributed by atoms with E-state index in [1.807, 2.05) is 0 Å². The Balaban J connectivity index is 1.67. The minimum atomic E-state index is -3.05. The molecule has 1 fully saturated rings. The van der Waals surface area contributed by atoms with Crippen LogP contribution in [0.4, 0.5) is 4.39 Å². The number of rotatable bonds is 6. The number of amides is 2. The molecule has 1 atom stereocenters. The predicted molar refractivity (Wildman–Crippen MR) is 87.6 cm³/mol. The van der Waals surface area contributed by atoms with Crippen molar-refractivity contribution in [3.8, 4) is 0 Å². The van der Waals surface area contributed by atoms with Crippen LogP contribution in [-0.2, 0) is 19.4 Å². The number of nitrogens with one attached hydrogen (secondary N) is 2. The first kappa shape index (κ1) is 19.0. The average Bonchev–Trinajstić information content (AvgIpc) is 2.90. The second-order valence-corrected chi connectivity index (χ2v) is 8.23. The number of hydrogen-bond donors (Lipinski definition) is 2. The summed E-state index contributed by atoms with van der Waals surface area (Å²) in [5.74, 6) is -1.93. The maximum Gasteiger partial charge on any atom is 0.238 e. The van der Waals surface area contributed by atoms with Crippen LogP contribution in [0.5, 0.6) is 0 Å². The quantitative estimate of drug-likeness (QED) is 0.568. The number of hydrogen-bond acceptors (Lipinski definition) is 5. The molecule has 9 heteroatoms. The fourth-order valence-electron chi connectivity index (χ4n) is 2.56. The Kier molecular flexibility index (Phi) is 6.24. The van der Waals surface area contributed by atoms with Crippen molar-refractivity contribution in [2.75, 3.05) is 11.5 Å². The van der Waals surface area contributed by atoms with E-state index in [0.717, 1.165) is 12.1 Å². The Morgan fingerprint density at radius 2 is 1.68 bits per heavy atom. The highest BCUT2D eigenvalue weighted by atomic mass is 32.2. The van der Waals surface area contributed by atoms with E-state index < -0.39 is 27.5 Å². The number of ketones is 1. The van der Waals surface area contributed by atoms with E-state index >= 15 is 0 Å². The molecule has 1 aliphatic heterocycles. The number of sulfone groups is 1. The van der Waals surface area contributed by atoms with Crippen LogP contribution >= 0.6 is 0 Å². The van der Waals surface area contributed by atoms with Gasteiger partial charge in [-0.1, -0.05) is 0 Å². The van der Waals surface area contributed by atoms with Gasteiger partial charge in [0.2, 0.25) is 11.8 Å². The molecule has 1 aromatic carbocycles. The second-order valence-electron chi connectivity index (χ2n) is 6.00. The largest absolute Gasteiger partial charge is 0.294 e. The Bertz CT molecular complexity index is 761. The van der Waals surface area contributed by atoms with Gasteiger partial charge in [-0.25, -0.2) is 12.8 Å². The molecule has 1 aliphatic rings. The lowest BCUT2D eigenvalue weighted by Gasteiger charge is -2.10. The van der Waals surface area contributed by atoms with Gasteiger partial charge in [0.25, 0.3) is 0 Å². The lowest BCUT2D eigenvalue weighted by molar-refractivity contribution is -0.129. The summed E-state index contributed by atoms with van der Waals surface area (Å²) in [6.07, 6.45) is 0.256. The summed E-state index contributed by atoms with van der Waals surface area (Å²) >= 11 is 0. The molecule has 2 amide bonds. The van der Waals surface area contributed by atoms with E-state index in [9.17, 15) is 27.2 Å². The summed E-state index contributed by atoms with van der Waals surface area (Å²) < 4.78 is 35.4. The molecule has 1 heterocycles. The molecule has 25 heavy (non-hydrogen) atoms. The topological polar surface area (TPSA) is 109 Å². The van der Waals surface area contributed by atoms with Gasteiger partial charge in [-0.2, -0.15) is 0 Å². The molecule has 0 aliphatic carbocycles. The van der Waals surface area contributed by atoms with Crippen LogP contribution in [0.25, 0.3) is 0 Å². The van der Waals surface area contributed by atoms with Crippen molar-refractivity contribution in [1.29, 1.82) is 0 Å². The number of carbonyl (C=O) groups excluding carboxylic acids is 3. The fraction of sp³-hybridized carbons (Fsp3) is 0.438. The third kappa shape index (κ3) is 6.26. The van der Waals surface area contributed by atoms with Crippen molar-refractivity contribution in [2.24, 2.45) is 5.92 Å². The van der Waals surface area contributed by atoms with Gasteiger partial charge in [0.1, 0.15) is 5.82 Å². The van der Waals surface area contributed by atoms with Crippen molar-refractivity contribution in [3.05, 3.63) is 35.6 Å². The van der Waals surface area contributed by atoms with Crippen molar-refractivity contribution in [1.82, 2.24) is 10.9 Å². The SMILES string of the molecule is O=C(CCC(=O)c1ccc(F)cc1)NNC(=O)C[C@H]1CCS(=O)(=O)C1. The standard InChI is InChI=1S/C16H19FN2O5S/c17-13-3-1-12(2-4-13)14(20)5-6-15(21)18-19-16(22)9-11-7-8-25(23,24)10-11/h1-4,11H,5-10H2,(H,18,21)(H,19,22)/t11-/m1/s1. The number of benzene rings is 1.